The Bertz CT molecular complexity index is 2280. The van der Waals surface area contributed by atoms with Gasteiger partial charge < -0.3 is 10.3 Å². The summed E-state index contributed by atoms with van der Waals surface area (Å²) in [5, 5.41) is 4.86. The van der Waals surface area contributed by atoms with E-state index in [9.17, 15) is 0 Å². The number of aromatic nitrogens is 2. The Hall–Kier alpha value is -5.93. The van der Waals surface area contributed by atoms with Crippen LogP contribution in [-0.4, -0.2) is 9.55 Å². The maximum atomic E-state index is 6.19. The normalized spacial score (nSPS) is 12.5. The van der Waals surface area contributed by atoms with Crippen LogP contribution in [0.4, 0.5) is 0 Å². The van der Waals surface area contributed by atoms with Gasteiger partial charge in [-0.15, -0.1) is 0 Å². The smallest absolute Gasteiger partial charge is 0.0619 e. The van der Waals surface area contributed by atoms with Gasteiger partial charge >= 0.3 is 0 Å². The molecule has 3 heteroatoms. The third-order valence-corrected chi connectivity index (χ3v) is 8.73. The lowest BCUT2D eigenvalue weighted by Gasteiger charge is -2.12. The topological polar surface area (TPSA) is 43.8 Å². The summed E-state index contributed by atoms with van der Waals surface area (Å²) < 4.78 is 2.40. The highest BCUT2D eigenvalue weighted by Crippen LogP contribution is 2.39. The van der Waals surface area contributed by atoms with E-state index in [4.69, 9.17) is 5.73 Å². The second kappa shape index (κ2) is 12.6. The highest BCUT2D eigenvalue weighted by atomic mass is 15.0. The molecule has 0 radical (unpaired) electrons. The number of nitrogens with zero attached hydrogens (tertiary/aromatic N) is 2. The lowest BCUT2D eigenvalue weighted by Crippen LogP contribution is -1.95. The molecule has 7 rings (SSSR count). The van der Waals surface area contributed by atoms with Crippen molar-refractivity contribution in [1.29, 1.82) is 0 Å². The van der Waals surface area contributed by atoms with Gasteiger partial charge in [0.2, 0.25) is 0 Å². The molecule has 0 aliphatic heterocycles. The Kier molecular flexibility index (Phi) is 7.89. The molecule has 0 unspecified atom stereocenters. The Labute approximate surface area is 270 Å². The van der Waals surface area contributed by atoms with Gasteiger partial charge in [-0.2, -0.15) is 0 Å². The van der Waals surface area contributed by atoms with Crippen molar-refractivity contribution in [3.05, 3.63) is 181 Å². The highest BCUT2D eigenvalue weighted by Gasteiger charge is 2.16. The lowest BCUT2D eigenvalue weighted by molar-refractivity contribution is 1.18. The fraction of sp³-hybridized carbons (Fsp3) is 0.0465. The average molecular weight is 594 g/mol. The fourth-order valence-electron chi connectivity index (χ4n) is 6.39. The molecule has 0 aliphatic carbocycles. The van der Waals surface area contributed by atoms with Gasteiger partial charge in [0.25, 0.3) is 0 Å². The van der Waals surface area contributed by atoms with Crippen LogP contribution in [0.25, 0.3) is 60.5 Å². The third kappa shape index (κ3) is 5.33. The van der Waals surface area contributed by atoms with Gasteiger partial charge in [-0.25, -0.2) is 0 Å². The minimum Gasteiger partial charge on any atom is -0.404 e. The molecule has 2 aromatic heterocycles. The first-order valence-electron chi connectivity index (χ1n) is 15.6. The summed E-state index contributed by atoms with van der Waals surface area (Å²) in [5.41, 5.74) is 17.6. The van der Waals surface area contributed by atoms with Crippen molar-refractivity contribution in [3.63, 3.8) is 0 Å². The van der Waals surface area contributed by atoms with Crippen LogP contribution < -0.4 is 5.73 Å². The maximum Gasteiger partial charge on any atom is 0.0619 e. The summed E-state index contributed by atoms with van der Waals surface area (Å²) >= 11 is 0. The van der Waals surface area contributed by atoms with Gasteiger partial charge in [0.15, 0.2) is 0 Å². The average Bonchev–Trinajstić information content (AvgIpc) is 3.45. The molecule has 0 saturated carbocycles. The number of nitrogens with two attached hydrogens (primary N) is 1. The van der Waals surface area contributed by atoms with Crippen LogP contribution in [0, 0.1) is 0 Å². The van der Waals surface area contributed by atoms with Crippen LogP contribution in [-0.2, 0) is 6.42 Å². The number of allylic oxidation sites excluding steroid dienone is 6. The van der Waals surface area contributed by atoms with E-state index in [1.54, 1.807) is 12.4 Å². The van der Waals surface area contributed by atoms with E-state index in [1.807, 2.05) is 25.3 Å². The van der Waals surface area contributed by atoms with E-state index >= 15 is 0 Å². The van der Waals surface area contributed by atoms with Crippen molar-refractivity contribution >= 4 is 43.7 Å². The van der Waals surface area contributed by atoms with E-state index in [1.165, 1.54) is 43.8 Å². The molecule has 2 N–H and O–H groups in total. The van der Waals surface area contributed by atoms with Crippen LogP contribution in [0.15, 0.2) is 165 Å². The largest absolute Gasteiger partial charge is 0.404 e. The molecule has 2 heterocycles. The van der Waals surface area contributed by atoms with Gasteiger partial charge in [-0.1, -0.05) is 116 Å². The Morgan fingerprint density at radius 2 is 1.52 bits per heavy atom. The molecule has 0 amide bonds. The third-order valence-electron chi connectivity index (χ3n) is 8.73. The van der Waals surface area contributed by atoms with Gasteiger partial charge in [-0.3, -0.25) is 4.98 Å². The van der Waals surface area contributed by atoms with Crippen molar-refractivity contribution in [3.8, 4) is 16.8 Å². The molecule has 222 valence electrons. The highest BCUT2D eigenvalue weighted by molar-refractivity contribution is 6.19. The second-order valence-electron chi connectivity index (χ2n) is 11.4. The summed E-state index contributed by atoms with van der Waals surface area (Å²) in [6.07, 6.45) is 14.4. The summed E-state index contributed by atoms with van der Waals surface area (Å²) in [6, 6.07) is 41.4. The van der Waals surface area contributed by atoms with Gasteiger partial charge in [0, 0.05) is 40.4 Å². The molecule has 0 fully saturated rings. The number of para-hydroxylation sites is 1. The molecule has 0 spiro atoms. The van der Waals surface area contributed by atoms with E-state index < -0.39 is 0 Å². The number of benzene rings is 5. The first kappa shape index (κ1) is 28.8. The number of rotatable bonds is 8. The first-order valence-corrected chi connectivity index (χ1v) is 15.6. The standard InChI is InChI=1S/C43H35N3/c1-3-31(4-2)32-15-17-33(18-16-32)34-19-22-39-36(26-34)21-24-41-40-23-20-35(37(28-44)12-8-10-30-11-9-25-45-29-30)27-42(40)46(43(39)41)38-13-6-5-7-14-38/h3-9,11-29H,1,10,44H2,2H3/b12-8-,31-4+,37-28+. The molecular weight excluding hydrogens is 558 g/mol. The van der Waals surface area contributed by atoms with Crippen LogP contribution in [0.3, 0.4) is 0 Å². The molecule has 0 aliphatic rings. The van der Waals surface area contributed by atoms with E-state index in [2.05, 4.69) is 144 Å². The summed E-state index contributed by atoms with van der Waals surface area (Å²) in [5.74, 6) is 0. The molecule has 5 aromatic carbocycles. The molecule has 46 heavy (non-hydrogen) atoms. The monoisotopic (exact) mass is 593 g/mol. The molecule has 0 saturated heterocycles. The van der Waals surface area contributed by atoms with Crippen LogP contribution in [0.1, 0.15) is 23.6 Å². The van der Waals surface area contributed by atoms with E-state index in [-0.39, 0.29) is 0 Å². The molecular formula is C43H35N3. The quantitative estimate of drug-likeness (QED) is 0.178. The van der Waals surface area contributed by atoms with Crippen molar-refractivity contribution in [1.82, 2.24) is 9.55 Å². The first-order chi connectivity index (χ1) is 22.7. The van der Waals surface area contributed by atoms with Gasteiger partial charge in [0.1, 0.15) is 0 Å². The number of hydrogen-bond acceptors (Lipinski definition) is 2. The van der Waals surface area contributed by atoms with Crippen LogP contribution >= 0.6 is 0 Å². The zero-order valence-corrected chi connectivity index (χ0v) is 25.9. The molecule has 7 aromatic rings. The summed E-state index contributed by atoms with van der Waals surface area (Å²) in [4.78, 5) is 4.23. The van der Waals surface area contributed by atoms with Crippen molar-refractivity contribution in [2.24, 2.45) is 5.73 Å². The molecule has 3 nitrogen and oxygen atoms in total. The predicted molar refractivity (Wildman–Crippen MR) is 197 cm³/mol. The van der Waals surface area contributed by atoms with E-state index in [0.29, 0.717) is 0 Å². The lowest BCUT2D eigenvalue weighted by atomic mass is 9.97. The molecule has 0 bridgehead atoms. The minimum atomic E-state index is 0.793. The zero-order chi connectivity index (χ0) is 31.5. The fourth-order valence-corrected chi connectivity index (χ4v) is 6.39. The maximum absolute atomic E-state index is 6.19. The zero-order valence-electron chi connectivity index (χ0n) is 25.9. The van der Waals surface area contributed by atoms with E-state index in [0.717, 1.165) is 39.9 Å². The van der Waals surface area contributed by atoms with Gasteiger partial charge in [-0.05, 0) is 88.0 Å². The van der Waals surface area contributed by atoms with Crippen molar-refractivity contribution in [2.45, 2.75) is 13.3 Å². The Morgan fingerprint density at radius 3 is 2.26 bits per heavy atom. The predicted octanol–water partition coefficient (Wildman–Crippen LogP) is 10.7. The number of pyridine rings is 1. The Morgan fingerprint density at radius 1 is 0.761 bits per heavy atom. The SMILES string of the molecule is C=C/C(=C\C)c1ccc(-c2ccc3c(ccc4c5ccc(C(/C=C\Cc6cccnc6)=C/N)cc5n(-c5ccccc5)c34)c2)cc1. The summed E-state index contributed by atoms with van der Waals surface area (Å²) in [7, 11) is 0. The molecule has 0 atom stereocenters. The van der Waals surface area contributed by atoms with Crippen molar-refractivity contribution < 1.29 is 0 Å². The second-order valence-corrected chi connectivity index (χ2v) is 11.4. The number of hydrogen-bond donors (Lipinski definition) is 1. The minimum absolute atomic E-state index is 0.793. The number of fused-ring (bicyclic) bond motifs is 5. The van der Waals surface area contributed by atoms with Crippen LogP contribution in [0.5, 0.6) is 0 Å². The van der Waals surface area contributed by atoms with Crippen LogP contribution in [0.2, 0.25) is 0 Å². The summed E-state index contributed by atoms with van der Waals surface area (Å²) in [6.45, 7) is 5.99. The Balaban J connectivity index is 1.35. The van der Waals surface area contributed by atoms with Gasteiger partial charge in [0.05, 0.1) is 11.0 Å². The van der Waals surface area contributed by atoms with Crippen molar-refractivity contribution in [2.75, 3.05) is 0 Å².